The van der Waals surface area contributed by atoms with Gasteiger partial charge in [0.15, 0.2) is 17.7 Å². The van der Waals surface area contributed by atoms with Crippen LogP contribution in [0, 0.1) is 0 Å². The van der Waals surface area contributed by atoms with E-state index in [1.165, 1.54) is 0 Å². The number of rotatable bonds is 1. The highest BCUT2D eigenvalue weighted by molar-refractivity contribution is 6.14. The van der Waals surface area contributed by atoms with Crippen molar-refractivity contribution in [1.29, 1.82) is 0 Å². The average Bonchev–Trinajstić information content (AvgIpc) is 2.45. The van der Waals surface area contributed by atoms with Crippen LogP contribution in [-0.2, 0) is 10.4 Å². The van der Waals surface area contributed by atoms with Crippen LogP contribution in [-0.4, -0.2) is 17.2 Å². The van der Waals surface area contributed by atoms with Crippen molar-refractivity contribution in [2.75, 3.05) is 0 Å². The molecule has 3 nitrogen and oxygen atoms in total. The lowest BCUT2D eigenvalue weighted by Gasteiger charge is -2.31. The minimum atomic E-state index is -1.74. The molecule has 0 fully saturated rings. The van der Waals surface area contributed by atoms with Crippen LogP contribution in [0.2, 0.25) is 0 Å². The van der Waals surface area contributed by atoms with Crippen LogP contribution in [0.25, 0.3) is 0 Å². The number of ketones is 1. The van der Waals surface area contributed by atoms with Crippen molar-refractivity contribution in [3.8, 4) is 0 Å². The van der Waals surface area contributed by atoms with Crippen LogP contribution in [0.15, 0.2) is 48.5 Å². The summed E-state index contributed by atoms with van der Waals surface area (Å²) in [6, 6.07) is 13.3. The number of carbonyl (C=O) groups excluding carboxylic acids is 2. The molecule has 0 atom stereocenters. The van der Waals surface area contributed by atoms with Gasteiger partial charge in [0.1, 0.15) is 0 Å². The summed E-state index contributed by atoms with van der Waals surface area (Å²) in [6.45, 7) is 0. The Labute approximate surface area is 104 Å². The van der Waals surface area contributed by atoms with Gasteiger partial charge in [0.2, 0.25) is 0 Å². The summed E-state index contributed by atoms with van der Waals surface area (Å²) in [5, 5.41) is 10.6. The molecule has 0 aromatic heterocycles. The second-order valence-corrected chi connectivity index (χ2v) is 4.30. The molecule has 2 aromatic rings. The van der Waals surface area contributed by atoms with E-state index in [2.05, 4.69) is 0 Å². The van der Waals surface area contributed by atoms with E-state index < -0.39 is 5.60 Å². The fourth-order valence-corrected chi connectivity index (χ4v) is 2.44. The van der Waals surface area contributed by atoms with Gasteiger partial charge in [-0.1, -0.05) is 48.5 Å². The lowest BCUT2D eigenvalue weighted by molar-refractivity contribution is -0.121. The van der Waals surface area contributed by atoms with Crippen LogP contribution in [0.4, 0.5) is 0 Å². The van der Waals surface area contributed by atoms with Crippen LogP contribution in [0.1, 0.15) is 27.0 Å². The van der Waals surface area contributed by atoms with Gasteiger partial charge in [-0.15, -0.1) is 0 Å². The van der Waals surface area contributed by atoms with Crippen molar-refractivity contribution < 1.29 is 14.7 Å². The van der Waals surface area contributed by atoms with E-state index in [1.807, 2.05) is 0 Å². The number of hydrogen-bond acceptors (Lipinski definition) is 3. The zero-order valence-corrected chi connectivity index (χ0v) is 9.46. The van der Waals surface area contributed by atoms with Crippen LogP contribution in [0.5, 0.6) is 0 Å². The molecule has 2 aromatic carbocycles. The Kier molecular flexibility index (Phi) is 2.18. The van der Waals surface area contributed by atoms with E-state index in [-0.39, 0.29) is 5.78 Å². The summed E-state index contributed by atoms with van der Waals surface area (Å²) in [6.07, 6.45) is 0.483. The molecule has 0 amide bonds. The molecule has 1 aliphatic carbocycles. The predicted octanol–water partition coefficient (Wildman–Crippen LogP) is 1.67. The molecule has 0 bridgehead atoms. The Morgan fingerprint density at radius 2 is 1.33 bits per heavy atom. The minimum Gasteiger partial charge on any atom is -0.373 e. The third-order valence-electron chi connectivity index (χ3n) is 3.34. The summed E-state index contributed by atoms with van der Waals surface area (Å²) >= 11 is 0. The zero-order chi connectivity index (χ0) is 12.8. The maximum atomic E-state index is 12.3. The topological polar surface area (TPSA) is 54.4 Å². The third kappa shape index (κ3) is 1.22. The summed E-state index contributed by atoms with van der Waals surface area (Å²) < 4.78 is 0. The fraction of sp³-hybridized carbons (Fsp3) is 0.0667. The van der Waals surface area contributed by atoms with E-state index in [0.717, 1.165) is 0 Å². The molecule has 1 N–H and O–H groups in total. The van der Waals surface area contributed by atoms with Gasteiger partial charge in [-0.05, 0) is 0 Å². The molecule has 0 unspecified atom stereocenters. The largest absolute Gasteiger partial charge is 0.373 e. The summed E-state index contributed by atoms with van der Waals surface area (Å²) in [5.41, 5.74) is -0.273. The molecule has 18 heavy (non-hydrogen) atoms. The van der Waals surface area contributed by atoms with E-state index in [0.29, 0.717) is 28.5 Å². The van der Waals surface area contributed by atoms with Crippen molar-refractivity contribution >= 4 is 12.1 Å². The lowest BCUT2D eigenvalue weighted by Crippen LogP contribution is -2.36. The first-order valence-electron chi connectivity index (χ1n) is 5.61. The second kappa shape index (κ2) is 3.62. The van der Waals surface area contributed by atoms with Crippen molar-refractivity contribution in [2.24, 2.45) is 0 Å². The number of hydrogen-bond donors (Lipinski definition) is 1. The van der Waals surface area contributed by atoms with Crippen LogP contribution < -0.4 is 0 Å². The first-order valence-corrected chi connectivity index (χ1v) is 5.61. The summed E-state index contributed by atoms with van der Waals surface area (Å²) in [4.78, 5) is 23.6. The second-order valence-electron chi connectivity index (χ2n) is 4.30. The van der Waals surface area contributed by atoms with E-state index in [4.69, 9.17) is 0 Å². The van der Waals surface area contributed by atoms with Gasteiger partial charge in [0.05, 0.1) is 0 Å². The zero-order valence-electron chi connectivity index (χ0n) is 9.46. The maximum absolute atomic E-state index is 12.3. The fourth-order valence-electron chi connectivity index (χ4n) is 2.44. The van der Waals surface area contributed by atoms with E-state index >= 15 is 0 Å². The van der Waals surface area contributed by atoms with Crippen molar-refractivity contribution in [3.63, 3.8) is 0 Å². The Bertz CT molecular complexity index is 609. The number of carbonyl (C=O) groups is 2. The molecule has 3 heteroatoms. The standard InChI is InChI=1S/C15H10O3/c16-9-15(18)12-7-3-1-5-10(12)14(17)11-6-2-4-8-13(11)15/h1-9,18H. The monoisotopic (exact) mass is 238 g/mol. The molecule has 1 aliphatic rings. The highest BCUT2D eigenvalue weighted by atomic mass is 16.3. The molecule has 0 radical (unpaired) electrons. The van der Waals surface area contributed by atoms with Crippen molar-refractivity contribution in [2.45, 2.75) is 5.60 Å². The number of fused-ring (bicyclic) bond motifs is 2. The minimum absolute atomic E-state index is 0.160. The average molecular weight is 238 g/mol. The third-order valence-corrected chi connectivity index (χ3v) is 3.34. The van der Waals surface area contributed by atoms with Gasteiger partial charge >= 0.3 is 0 Å². The molecule has 3 rings (SSSR count). The Morgan fingerprint density at radius 3 is 1.78 bits per heavy atom. The molecular formula is C15H10O3. The summed E-state index contributed by atoms with van der Waals surface area (Å²) in [5.74, 6) is -0.160. The molecule has 88 valence electrons. The molecule has 0 aliphatic heterocycles. The van der Waals surface area contributed by atoms with Crippen LogP contribution >= 0.6 is 0 Å². The summed E-state index contributed by atoms with van der Waals surface area (Å²) in [7, 11) is 0. The quantitative estimate of drug-likeness (QED) is 0.769. The molecule has 0 saturated heterocycles. The van der Waals surface area contributed by atoms with Gasteiger partial charge in [0, 0.05) is 22.3 Å². The smallest absolute Gasteiger partial charge is 0.193 e. The van der Waals surface area contributed by atoms with E-state index in [1.54, 1.807) is 48.5 Å². The van der Waals surface area contributed by atoms with E-state index in [9.17, 15) is 14.7 Å². The van der Waals surface area contributed by atoms with Gasteiger partial charge < -0.3 is 5.11 Å². The highest BCUT2D eigenvalue weighted by Crippen LogP contribution is 2.38. The lowest BCUT2D eigenvalue weighted by atomic mass is 9.75. The highest BCUT2D eigenvalue weighted by Gasteiger charge is 2.41. The maximum Gasteiger partial charge on any atom is 0.193 e. The molecule has 0 heterocycles. The SMILES string of the molecule is O=CC1(O)c2ccccc2C(=O)c2ccccc21. The Balaban J connectivity index is 2.41. The van der Waals surface area contributed by atoms with Gasteiger partial charge in [0.25, 0.3) is 0 Å². The molecule has 0 saturated carbocycles. The van der Waals surface area contributed by atoms with Gasteiger partial charge in [-0.25, -0.2) is 0 Å². The first-order chi connectivity index (χ1) is 8.68. The van der Waals surface area contributed by atoms with Gasteiger partial charge in [-0.3, -0.25) is 9.59 Å². The van der Waals surface area contributed by atoms with Crippen molar-refractivity contribution in [1.82, 2.24) is 0 Å². The first kappa shape index (κ1) is 10.9. The Morgan fingerprint density at radius 1 is 0.889 bits per heavy atom. The Hall–Kier alpha value is -2.26. The van der Waals surface area contributed by atoms with Gasteiger partial charge in [-0.2, -0.15) is 0 Å². The number of benzene rings is 2. The normalized spacial score (nSPS) is 15.7. The number of aldehydes is 1. The van der Waals surface area contributed by atoms with Crippen LogP contribution in [0.3, 0.4) is 0 Å². The number of aliphatic hydroxyl groups is 1. The molecular weight excluding hydrogens is 228 g/mol. The molecule has 0 spiro atoms. The predicted molar refractivity (Wildman–Crippen MR) is 65.4 cm³/mol. The van der Waals surface area contributed by atoms with Crippen molar-refractivity contribution in [3.05, 3.63) is 70.8 Å².